The molecule has 0 spiro atoms. The third kappa shape index (κ3) is 3.90. The molecule has 17 heavy (non-hydrogen) atoms. The van der Waals surface area contributed by atoms with Gasteiger partial charge >= 0.3 is 5.51 Å². The van der Waals surface area contributed by atoms with Gasteiger partial charge in [0.2, 0.25) is 0 Å². The van der Waals surface area contributed by atoms with Crippen molar-refractivity contribution in [3.8, 4) is 0 Å². The number of hydrogen-bond acceptors (Lipinski definition) is 5. The number of nitrogens with zero attached hydrogens (tertiary/aromatic N) is 2. The topological polar surface area (TPSA) is 86.3 Å². The van der Waals surface area contributed by atoms with Crippen molar-refractivity contribution in [3.63, 3.8) is 0 Å². The first kappa shape index (κ1) is 13.2. The Balaban J connectivity index is 3.22. The highest BCUT2D eigenvalue weighted by molar-refractivity contribution is 8.00. The van der Waals surface area contributed by atoms with Crippen LogP contribution in [0.5, 0.6) is 0 Å². The second kappa shape index (κ2) is 4.57. The van der Waals surface area contributed by atoms with Crippen LogP contribution in [0.1, 0.15) is 0 Å². The zero-order valence-corrected chi connectivity index (χ0v) is 8.62. The molecule has 0 aliphatic rings. The number of non-ortho nitro benzene ring substituents is 2. The minimum Gasteiger partial charge on any atom is -0.258 e. The van der Waals surface area contributed by atoms with Crippen molar-refractivity contribution in [3.05, 3.63) is 38.4 Å². The van der Waals surface area contributed by atoms with Crippen molar-refractivity contribution in [1.82, 2.24) is 0 Å². The van der Waals surface area contributed by atoms with Crippen molar-refractivity contribution in [2.45, 2.75) is 10.4 Å². The lowest BCUT2D eigenvalue weighted by Gasteiger charge is -2.04. The van der Waals surface area contributed by atoms with Gasteiger partial charge in [0.15, 0.2) is 0 Å². The summed E-state index contributed by atoms with van der Waals surface area (Å²) >= 11 is -0.645. The summed E-state index contributed by atoms with van der Waals surface area (Å²) in [6.45, 7) is 0. The Morgan fingerprint density at radius 2 is 1.41 bits per heavy atom. The largest absolute Gasteiger partial charge is 0.446 e. The lowest BCUT2D eigenvalue weighted by atomic mass is 10.3. The summed E-state index contributed by atoms with van der Waals surface area (Å²) in [4.78, 5) is 18.2. The van der Waals surface area contributed by atoms with E-state index in [1.54, 1.807) is 0 Å². The summed E-state index contributed by atoms with van der Waals surface area (Å²) in [5.41, 5.74) is -6.18. The molecule has 0 heterocycles. The van der Waals surface area contributed by atoms with Crippen LogP contribution >= 0.6 is 11.8 Å². The lowest BCUT2D eigenvalue weighted by molar-refractivity contribution is -0.394. The average molecular weight is 268 g/mol. The van der Waals surface area contributed by atoms with Gasteiger partial charge in [-0.05, 0) is 11.8 Å². The van der Waals surface area contributed by atoms with E-state index in [-0.39, 0.29) is 0 Å². The average Bonchev–Trinajstić information content (AvgIpc) is 2.14. The number of halogens is 3. The number of nitro benzene ring substituents is 2. The highest BCUT2D eigenvalue weighted by Crippen LogP contribution is 2.39. The molecule has 10 heteroatoms. The second-order valence-electron chi connectivity index (χ2n) is 2.75. The van der Waals surface area contributed by atoms with Gasteiger partial charge in [0, 0.05) is 17.0 Å². The van der Waals surface area contributed by atoms with Crippen molar-refractivity contribution in [2.24, 2.45) is 0 Å². The Labute approximate surface area is 95.7 Å². The number of hydrogen-bond donors (Lipinski definition) is 0. The monoisotopic (exact) mass is 268 g/mol. The standard InChI is InChI=1S/C7H3F3N2O4S/c8-7(9,10)17-6-2-4(11(13)14)1-5(3-6)12(15)16/h1-3H. The quantitative estimate of drug-likeness (QED) is 0.477. The first-order valence-electron chi connectivity index (χ1n) is 3.88. The van der Waals surface area contributed by atoms with Crippen molar-refractivity contribution in [2.75, 3.05) is 0 Å². The normalized spacial score (nSPS) is 11.2. The second-order valence-corrected chi connectivity index (χ2v) is 3.89. The lowest BCUT2D eigenvalue weighted by Crippen LogP contribution is -2.00. The van der Waals surface area contributed by atoms with Gasteiger partial charge in [0.25, 0.3) is 11.4 Å². The van der Waals surface area contributed by atoms with Crippen LogP contribution in [0.25, 0.3) is 0 Å². The van der Waals surface area contributed by atoms with E-state index < -0.39 is 43.4 Å². The summed E-state index contributed by atoms with van der Waals surface area (Å²) in [6, 6.07) is 1.86. The minimum atomic E-state index is -4.66. The van der Waals surface area contributed by atoms with Crippen LogP contribution in [0.3, 0.4) is 0 Å². The molecule has 0 amide bonds. The number of benzene rings is 1. The van der Waals surface area contributed by atoms with Crippen LogP contribution in [0.2, 0.25) is 0 Å². The molecule has 0 fully saturated rings. The van der Waals surface area contributed by atoms with Crippen molar-refractivity contribution >= 4 is 23.1 Å². The number of thioether (sulfide) groups is 1. The minimum absolute atomic E-state index is 0.598. The Hall–Kier alpha value is -1.84. The molecule has 0 aromatic heterocycles. The fraction of sp³-hybridized carbons (Fsp3) is 0.143. The fourth-order valence-electron chi connectivity index (χ4n) is 0.971. The molecular formula is C7H3F3N2O4S. The molecule has 1 aromatic rings. The van der Waals surface area contributed by atoms with Crippen LogP contribution in [0, 0.1) is 20.2 Å². The SMILES string of the molecule is O=[N+]([O-])c1cc(SC(F)(F)F)cc([N+](=O)[O-])c1. The third-order valence-corrected chi connectivity index (χ3v) is 2.23. The summed E-state index contributed by atoms with van der Waals surface area (Å²) in [5.74, 6) is 0. The maximum absolute atomic E-state index is 12.0. The zero-order valence-electron chi connectivity index (χ0n) is 7.80. The molecule has 0 saturated carbocycles. The summed E-state index contributed by atoms with van der Waals surface area (Å²) < 4.78 is 36.1. The van der Waals surface area contributed by atoms with Gasteiger partial charge in [-0.15, -0.1) is 0 Å². The van der Waals surface area contributed by atoms with E-state index in [1.165, 1.54) is 0 Å². The summed E-state index contributed by atoms with van der Waals surface area (Å²) in [6.07, 6.45) is 0. The van der Waals surface area contributed by atoms with E-state index in [2.05, 4.69) is 0 Å². The van der Waals surface area contributed by atoms with Gasteiger partial charge in [-0.1, -0.05) is 0 Å². The van der Waals surface area contributed by atoms with E-state index in [4.69, 9.17) is 0 Å². The predicted octanol–water partition coefficient (Wildman–Crippen LogP) is 3.11. The molecule has 0 aliphatic heterocycles. The van der Waals surface area contributed by atoms with Gasteiger partial charge in [0.05, 0.1) is 15.9 Å². The van der Waals surface area contributed by atoms with E-state index in [1.807, 2.05) is 0 Å². The maximum Gasteiger partial charge on any atom is 0.446 e. The first-order valence-corrected chi connectivity index (χ1v) is 4.70. The molecule has 1 rings (SSSR count). The fourth-order valence-corrected chi connectivity index (χ4v) is 1.60. The Bertz CT molecular complexity index is 444. The molecule has 0 bridgehead atoms. The van der Waals surface area contributed by atoms with E-state index in [0.29, 0.717) is 18.2 Å². The van der Waals surface area contributed by atoms with E-state index >= 15 is 0 Å². The molecule has 6 nitrogen and oxygen atoms in total. The predicted molar refractivity (Wildman–Crippen MR) is 51.7 cm³/mol. The first-order chi connectivity index (χ1) is 7.69. The summed E-state index contributed by atoms with van der Waals surface area (Å²) in [5, 5.41) is 20.8. The highest BCUT2D eigenvalue weighted by atomic mass is 32.2. The van der Waals surface area contributed by atoms with Crippen LogP contribution in [-0.4, -0.2) is 15.4 Å². The summed E-state index contributed by atoms with van der Waals surface area (Å²) in [7, 11) is 0. The number of alkyl halides is 3. The van der Waals surface area contributed by atoms with Crippen LogP contribution in [0.15, 0.2) is 23.1 Å². The molecule has 1 aromatic carbocycles. The van der Waals surface area contributed by atoms with E-state index in [0.717, 1.165) is 0 Å². The van der Waals surface area contributed by atoms with Gasteiger partial charge in [0.1, 0.15) is 0 Å². The van der Waals surface area contributed by atoms with Crippen molar-refractivity contribution < 1.29 is 23.0 Å². The smallest absolute Gasteiger partial charge is 0.258 e. The number of rotatable bonds is 3. The van der Waals surface area contributed by atoms with Crippen LogP contribution < -0.4 is 0 Å². The van der Waals surface area contributed by atoms with Gasteiger partial charge in [-0.3, -0.25) is 20.2 Å². The molecular weight excluding hydrogens is 265 g/mol. The van der Waals surface area contributed by atoms with Gasteiger partial charge in [-0.25, -0.2) is 0 Å². The van der Waals surface area contributed by atoms with Crippen molar-refractivity contribution in [1.29, 1.82) is 0 Å². The zero-order chi connectivity index (χ0) is 13.2. The Morgan fingerprint density at radius 3 is 1.71 bits per heavy atom. The molecule has 92 valence electrons. The molecule has 0 saturated heterocycles. The third-order valence-electron chi connectivity index (χ3n) is 1.53. The molecule has 0 unspecified atom stereocenters. The van der Waals surface area contributed by atoms with Crippen LogP contribution in [0.4, 0.5) is 24.5 Å². The highest BCUT2D eigenvalue weighted by Gasteiger charge is 2.31. The van der Waals surface area contributed by atoms with Gasteiger partial charge in [-0.2, -0.15) is 13.2 Å². The van der Waals surface area contributed by atoms with E-state index in [9.17, 15) is 33.4 Å². The molecule has 0 aliphatic carbocycles. The number of nitro groups is 2. The molecule has 0 radical (unpaired) electrons. The molecule has 0 atom stereocenters. The Kier molecular flexibility index (Phi) is 3.56. The Morgan fingerprint density at radius 1 is 1.00 bits per heavy atom. The maximum atomic E-state index is 12.0. The van der Waals surface area contributed by atoms with Crippen LogP contribution in [-0.2, 0) is 0 Å². The van der Waals surface area contributed by atoms with Gasteiger partial charge < -0.3 is 0 Å². The molecule has 0 N–H and O–H groups in total.